The van der Waals surface area contributed by atoms with Gasteiger partial charge >= 0.3 is 0 Å². The van der Waals surface area contributed by atoms with Gasteiger partial charge in [0, 0.05) is 13.1 Å². The summed E-state index contributed by atoms with van der Waals surface area (Å²) in [7, 11) is 0. The van der Waals surface area contributed by atoms with Crippen LogP contribution in [0.1, 0.15) is 59.3 Å². The Morgan fingerprint density at radius 3 is 2.10 bits per heavy atom. The highest BCUT2D eigenvalue weighted by atomic mass is 16.2. The zero-order chi connectivity index (χ0) is 14.7. The largest absolute Gasteiger partial charge is 0.329 e. The van der Waals surface area contributed by atoms with Crippen molar-refractivity contribution in [1.82, 2.24) is 9.80 Å². The van der Waals surface area contributed by atoms with Crippen molar-refractivity contribution in [3.63, 3.8) is 0 Å². The van der Waals surface area contributed by atoms with Crippen LogP contribution < -0.4 is 0 Å². The van der Waals surface area contributed by atoms with E-state index in [1.165, 1.54) is 32.1 Å². The molecule has 1 saturated heterocycles. The smallest absolute Gasteiger partial charge is 0.246 e. The summed E-state index contributed by atoms with van der Waals surface area (Å²) in [4.78, 5) is 28.7. The molecule has 2 amide bonds. The van der Waals surface area contributed by atoms with Crippen LogP contribution in [0, 0.1) is 5.92 Å². The lowest BCUT2D eigenvalue weighted by Crippen LogP contribution is -2.64. The van der Waals surface area contributed by atoms with Crippen molar-refractivity contribution in [2.75, 3.05) is 13.1 Å². The number of piperazine rings is 1. The van der Waals surface area contributed by atoms with E-state index in [1.54, 1.807) is 4.90 Å². The maximum atomic E-state index is 12.7. The highest BCUT2D eigenvalue weighted by Gasteiger charge is 2.43. The molecule has 4 nitrogen and oxygen atoms in total. The molecule has 0 aromatic heterocycles. The van der Waals surface area contributed by atoms with E-state index in [-0.39, 0.29) is 23.9 Å². The summed E-state index contributed by atoms with van der Waals surface area (Å²) in [6.07, 6.45) is 7.18. The number of carbonyl (C=O) groups excluding carboxylic acids is 2. The lowest BCUT2D eigenvalue weighted by Gasteiger charge is -2.44. The van der Waals surface area contributed by atoms with Gasteiger partial charge in [0.25, 0.3) is 0 Å². The molecule has 2 unspecified atom stereocenters. The number of carbonyl (C=O) groups is 2. The van der Waals surface area contributed by atoms with Gasteiger partial charge in [0.1, 0.15) is 12.1 Å². The molecule has 1 heterocycles. The Kier molecular flexibility index (Phi) is 5.06. The number of hydrogen-bond acceptors (Lipinski definition) is 2. The Morgan fingerprint density at radius 2 is 1.55 bits per heavy atom. The second-order valence-electron chi connectivity index (χ2n) is 6.18. The summed E-state index contributed by atoms with van der Waals surface area (Å²) in [5.41, 5.74) is 0. The Hall–Kier alpha value is -1.06. The predicted octanol–water partition coefficient (Wildman–Crippen LogP) is 2.42. The average Bonchev–Trinajstić information content (AvgIpc) is 2.47. The molecular formula is C16H28N2O2. The fourth-order valence-electron chi connectivity index (χ4n) is 3.82. The van der Waals surface area contributed by atoms with Crippen LogP contribution in [0.3, 0.4) is 0 Å². The van der Waals surface area contributed by atoms with Crippen LogP contribution >= 0.6 is 0 Å². The first kappa shape index (κ1) is 15.3. The Labute approximate surface area is 122 Å². The highest BCUT2D eigenvalue weighted by molar-refractivity contribution is 5.96. The van der Waals surface area contributed by atoms with Gasteiger partial charge in [0.15, 0.2) is 0 Å². The zero-order valence-electron chi connectivity index (χ0n) is 13.1. The van der Waals surface area contributed by atoms with Gasteiger partial charge in [-0.15, -0.1) is 0 Å². The van der Waals surface area contributed by atoms with Crippen molar-refractivity contribution in [2.24, 2.45) is 5.92 Å². The van der Waals surface area contributed by atoms with Crippen LogP contribution in [-0.4, -0.2) is 46.8 Å². The lowest BCUT2D eigenvalue weighted by molar-refractivity contribution is -0.161. The summed E-state index contributed by atoms with van der Waals surface area (Å²) >= 11 is 0. The van der Waals surface area contributed by atoms with Gasteiger partial charge < -0.3 is 9.80 Å². The fourth-order valence-corrected chi connectivity index (χ4v) is 3.82. The number of likely N-dealkylation sites (N-methyl/N-ethyl adjacent to an activating group) is 2. The van der Waals surface area contributed by atoms with Crippen LogP contribution in [0.4, 0.5) is 0 Å². The molecule has 1 aliphatic carbocycles. The minimum Gasteiger partial charge on any atom is -0.329 e. The molecule has 2 atom stereocenters. The maximum Gasteiger partial charge on any atom is 0.246 e. The molecule has 0 bridgehead atoms. The summed E-state index contributed by atoms with van der Waals surface area (Å²) in [6, 6.07) is -0.512. The minimum atomic E-state index is -0.296. The van der Waals surface area contributed by atoms with E-state index in [0.717, 1.165) is 6.42 Å². The van der Waals surface area contributed by atoms with Gasteiger partial charge in [-0.25, -0.2) is 0 Å². The van der Waals surface area contributed by atoms with E-state index in [1.807, 2.05) is 25.7 Å². The molecule has 0 radical (unpaired) electrons. The van der Waals surface area contributed by atoms with E-state index in [9.17, 15) is 9.59 Å². The topological polar surface area (TPSA) is 40.6 Å². The third-order valence-corrected chi connectivity index (χ3v) is 5.02. The van der Waals surface area contributed by atoms with Crippen molar-refractivity contribution < 1.29 is 9.59 Å². The summed E-state index contributed by atoms with van der Waals surface area (Å²) < 4.78 is 0. The summed E-state index contributed by atoms with van der Waals surface area (Å²) in [6.45, 7) is 7.06. The van der Waals surface area contributed by atoms with E-state index in [2.05, 4.69) is 0 Å². The monoisotopic (exact) mass is 280 g/mol. The molecule has 2 aliphatic rings. The van der Waals surface area contributed by atoms with Crippen molar-refractivity contribution in [3.05, 3.63) is 0 Å². The SMILES string of the molecule is CCN1C(=O)C(CC2CCCCC2)N(CC)C(=O)C1C. The predicted molar refractivity (Wildman–Crippen MR) is 79.2 cm³/mol. The van der Waals surface area contributed by atoms with E-state index >= 15 is 0 Å². The third kappa shape index (κ3) is 2.84. The highest BCUT2D eigenvalue weighted by Crippen LogP contribution is 2.31. The molecule has 0 aromatic carbocycles. The molecule has 1 aliphatic heterocycles. The van der Waals surface area contributed by atoms with Crippen molar-refractivity contribution >= 4 is 11.8 Å². The molecule has 20 heavy (non-hydrogen) atoms. The van der Waals surface area contributed by atoms with Gasteiger partial charge in [-0.2, -0.15) is 0 Å². The Morgan fingerprint density at radius 1 is 0.950 bits per heavy atom. The standard InChI is InChI=1S/C16H28N2O2/c1-4-17-12(3)15(19)18(5-2)14(16(17)20)11-13-9-7-6-8-10-13/h12-14H,4-11H2,1-3H3. The van der Waals surface area contributed by atoms with Gasteiger partial charge in [-0.1, -0.05) is 32.1 Å². The van der Waals surface area contributed by atoms with Crippen LogP contribution in [0.5, 0.6) is 0 Å². The van der Waals surface area contributed by atoms with Crippen molar-refractivity contribution in [1.29, 1.82) is 0 Å². The molecule has 0 N–H and O–H groups in total. The molecule has 4 heteroatoms. The van der Waals surface area contributed by atoms with Gasteiger partial charge in [0.2, 0.25) is 11.8 Å². The second-order valence-corrected chi connectivity index (χ2v) is 6.18. The molecular weight excluding hydrogens is 252 g/mol. The van der Waals surface area contributed by atoms with Crippen LogP contribution in [-0.2, 0) is 9.59 Å². The molecule has 0 spiro atoms. The second kappa shape index (κ2) is 6.59. The van der Waals surface area contributed by atoms with Crippen LogP contribution in [0.2, 0.25) is 0 Å². The van der Waals surface area contributed by atoms with Crippen molar-refractivity contribution in [2.45, 2.75) is 71.4 Å². The minimum absolute atomic E-state index is 0.120. The van der Waals surface area contributed by atoms with E-state index in [0.29, 0.717) is 19.0 Å². The number of nitrogens with zero attached hydrogens (tertiary/aromatic N) is 2. The third-order valence-electron chi connectivity index (χ3n) is 5.02. The average molecular weight is 280 g/mol. The summed E-state index contributed by atoms with van der Waals surface area (Å²) in [5, 5.41) is 0. The van der Waals surface area contributed by atoms with E-state index < -0.39 is 0 Å². The van der Waals surface area contributed by atoms with Gasteiger partial charge in [0.05, 0.1) is 0 Å². The molecule has 0 aromatic rings. The molecule has 2 fully saturated rings. The normalized spacial score (nSPS) is 29.1. The number of rotatable bonds is 4. The first-order valence-corrected chi connectivity index (χ1v) is 8.21. The number of amides is 2. The van der Waals surface area contributed by atoms with Gasteiger partial charge in [-0.3, -0.25) is 9.59 Å². The quantitative estimate of drug-likeness (QED) is 0.793. The molecule has 1 saturated carbocycles. The Balaban J connectivity index is 2.13. The maximum absolute atomic E-state index is 12.7. The van der Waals surface area contributed by atoms with Crippen molar-refractivity contribution in [3.8, 4) is 0 Å². The van der Waals surface area contributed by atoms with E-state index in [4.69, 9.17) is 0 Å². The zero-order valence-corrected chi connectivity index (χ0v) is 13.1. The first-order valence-electron chi connectivity index (χ1n) is 8.21. The van der Waals surface area contributed by atoms with Crippen LogP contribution in [0.15, 0.2) is 0 Å². The molecule has 114 valence electrons. The molecule has 2 rings (SSSR count). The first-order chi connectivity index (χ1) is 9.60. The number of hydrogen-bond donors (Lipinski definition) is 0. The Bertz CT molecular complexity index is 363. The van der Waals surface area contributed by atoms with Gasteiger partial charge in [-0.05, 0) is 33.1 Å². The lowest BCUT2D eigenvalue weighted by atomic mass is 9.83. The van der Waals surface area contributed by atoms with Crippen LogP contribution in [0.25, 0.3) is 0 Å². The fraction of sp³-hybridized carbons (Fsp3) is 0.875. The summed E-state index contributed by atoms with van der Waals surface area (Å²) in [5.74, 6) is 0.897.